The normalized spacial score (nSPS) is 14.3. The molecule has 3 heterocycles. The highest BCUT2D eigenvalue weighted by Crippen LogP contribution is 2.22. The van der Waals surface area contributed by atoms with Gasteiger partial charge in [0.05, 0.1) is 12.2 Å². The topological polar surface area (TPSA) is 80.8 Å². The number of hydrogen-bond acceptors (Lipinski definition) is 6. The van der Waals surface area contributed by atoms with E-state index in [0.717, 1.165) is 42.5 Å². The summed E-state index contributed by atoms with van der Waals surface area (Å²) in [5, 5.41) is 0. The molecule has 19 heavy (non-hydrogen) atoms. The Hall–Kier alpha value is -2.24. The molecule has 0 aliphatic carbocycles. The van der Waals surface area contributed by atoms with E-state index >= 15 is 0 Å². The van der Waals surface area contributed by atoms with Crippen LogP contribution in [0.25, 0.3) is 0 Å². The van der Waals surface area contributed by atoms with E-state index in [0.29, 0.717) is 5.95 Å². The molecular formula is C13H16N6. The van der Waals surface area contributed by atoms with Crippen LogP contribution in [0.4, 0.5) is 11.8 Å². The molecule has 6 nitrogen and oxygen atoms in total. The summed E-state index contributed by atoms with van der Waals surface area (Å²) in [6.07, 6.45) is 2.85. The number of aryl methyl sites for hydroxylation is 2. The molecule has 2 aromatic rings. The first kappa shape index (κ1) is 11.8. The van der Waals surface area contributed by atoms with Crippen LogP contribution in [0.5, 0.6) is 0 Å². The lowest BCUT2D eigenvalue weighted by molar-refractivity contribution is 0.688. The molecule has 0 fully saturated rings. The van der Waals surface area contributed by atoms with E-state index < -0.39 is 0 Å². The molecule has 0 amide bonds. The minimum atomic E-state index is 0.319. The molecule has 1 aliphatic heterocycles. The summed E-state index contributed by atoms with van der Waals surface area (Å²) in [5.41, 5.74) is 8.89. The smallest absolute Gasteiger partial charge is 0.222 e. The van der Waals surface area contributed by atoms with E-state index in [2.05, 4.69) is 24.8 Å². The Labute approximate surface area is 111 Å². The molecule has 2 N–H and O–H groups in total. The number of nitrogen functional groups attached to an aromatic ring is 1. The molecule has 2 aromatic heterocycles. The van der Waals surface area contributed by atoms with E-state index in [9.17, 15) is 0 Å². The number of hydrogen-bond donors (Lipinski definition) is 1. The molecule has 1 aliphatic rings. The van der Waals surface area contributed by atoms with Crippen molar-refractivity contribution < 1.29 is 0 Å². The highest BCUT2D eigenvalue weighted by Gasteiger charge is 2.19. The van der Waals surface area contributed by atoms with Crippen molar-refractivity contribution in [3.8, 4) is 0 Å². The molecule has 0 atom stereocenters. The van der Waals surface area contributed by atoms with Crippen molar-refractivity contribution in [1.82, 2.24) is 19.9 Å². The summed E-state index contributed by atoms with van der Waals surface area (Å²) < 4.78 is 0. The van der Waals surface area contributed by atoms with Crippen molar-refractivity contribution in [3.63, 3.8) is 0 Å². The van der Waals surface area contributed by atoms with Gasteiger partial charge in [-0.05, 0) is 25.8 Å². The van der Waals surface area contributed by atoms with E-state index in [4.69, 9.17) is 5.73 Å². The van der Waals surface area contributed by atoms with E-state index in [1.807, 2.05) is 26.1 Å². The highest BCUT2D eigenvalue weighted by molar-refractivity contribution is 5.45. The molecular weight excluding hydrogens is 240 g/mol. The first-order valence-corrected chi connectivity index (χ1v) is 6.29. The SMILES string of the molecule is Cc1cc(N2CCc3cnc(C)nc3C2)nc(N)n1. The van der Waals surface area contributed by atoms with Gasteiger partial charge < -0.3 is 10.6 Å². The van der Waals surface area contributed by atoms with Crippen molar-refractivity contribution in [3.05, 3.63) is 35.0 Å². The van der Waals surface area contributed by atoms with Gasteiger partial charge in [0.25, 0.3) is 0 Å². The molecule has 6 heteroatoms. The van der Waals surface area contributed by atoms with Gasteiger partial charge in [-0.15, -0.1) is 0 Å². The average Bonchev–Trinajstić information content (AvgIpc) is 2.36. The van der Waals surface area contributed by atoms with Crippen LogP contribution in [-0.2, 0) is 13.0 Å². The highest BCUT2D eigenvalue weighted by atomic mass is 15.2. The zero-order chi connectivity index (χ0) is 13.4. The van der Waals surface area contributed by atoms with Crippen molar-refractivity contribution >= 4 is 11.8 Å². The van der Waals surface area contributed by atoms with Gasteiger partial charge in [-0.2, -0.15) is 4.98 Å². The van der Waals surface area contributed by atoms with E-state index in [-0.39, 0.29) is 0 Å². The van der Waals surface area contributed by atoms with Crippen LogP contribution < -0.4 is 10.6 Å². The van der Waals surface area contributed by atoms with Gasteiger partial charge in [-0.25, -0.2) is 15.0 Å². The van der Waals surface area contributed by atoms with Gasteiger partial charge in [0.2, 0.25) is 5.95 Å². The second-order valence-electron chi connectivity index (χ2n) is 4.79. The van der Waals surface area contributed by atoms with Crippen LogP contribution in [0.3, 0.4) is 0 Å². The second kappa shape index (κ2) is 4.46. The summed E-state index contributed by atoms with van der Waals surface area (Å²) in [4.78, 5) is 19.3. The molecule has 3 rings (SSSR count). The Morgan fingerprint density at radius 3 is 2.84 bits per heavy atom. The Balaban J connectivity index is 1.92. The lowest BCUT2D eigenvalue weighted by atomic mass is 10.1. The fraction of sp³-hybridized carbons (Fsp3) is 0.385. The lowest BCUT2D eigenvalue weighted by Gasteiger charge is -2.29. The predicted octanol–water partition coefficient (Wildman–Crippen LogP) is 1.03. The molecule has 0 bridgehead atoms. The number of fused-ring (bicyclic) bond motifs is 1. The quantitative estimate of drug-likeness (QED) is 0.820. The van der Waals surface area contributed by atoms with Crippen LogP contribution in [-0.4, -0.2) is 26.5 Å². The Kier molecular flexibility index (Phi) is 2.77. The van der Waals surface area contributed by atoms with Crippen LogP contribution in [0.2, 0.25) is 0 Å². The Bertz CT molecular complexity index is 604. The molecule has 0 spiro atoms. The largest absolute Gasteiger partial charge is 0.368 e. The zero-order valence-corrected chi connectivity index (χ0v) is 11.1. The van der Waals surface area contributed by atoms with Crippen LogP contribution >= 0.6 is 0 Å². The second-order valence-corrected chi connectivity index (χ2v) is 4.79. The number of nitrogens with two attached hydrogens (primary N) is 1. The zero-order valence-electron chi connectivity index (χ0n) is 11.1. The molecule has 0 radical (unpaired) electrons. The summed E-state index contributed by atoms with van der Waals surface area (Å²) in [5.74, 6) is 1.99. The molecule has 0 saturated heterocycles. The molecule has 0 saturated carbocycles. The predicted molar refractivity (Wildman–Crippen MR) is 72.7 cm³/mol. The monoisotopic (exact) mass is 256 g/mol. The van der Waals surface area contributed by atoms with Crippen molar-refractivity contribution in [1.29, 1.82) is 0 Å². The summed E-state index contributed by atoms with van der Waals surface area (Å²) in [7, 11) is 0. The van der Waals surface area contributed by atoms with Crippen molar-refractivity contribution in [2.45, 2.75) is 26.8 Å². The lowest BCUT2D eigenvalue weighted by Crippen LogP contribution is -2.32. The number of rotatable bonds is 1. The molecule has 0 aromatic carbocycles. The van der Waals surface area contributed by atoms with E-state index in [1.165, 1.54) is 5.56 Å². The van der Waals surface area contributed by atoms with Gasteiger partial charge in [0.1, 0.15) is 11.6 Å². The van der Waals surface area contributed by atoms with Gasteiger partial charge in [-0.1, -0.05) is 0 Å². The third-order valence-electron chi connectivity index (χ3n) is 3.25. The van der Waals surface area contributed by atoms with Gasteiger partial charge in [0, 0.05) is 24.5 Å². The molecule has 0 unspecified atom stereocenters. The third-order valence-corrected chi connectivity index (χ3v) is 3.25. The maximum atomic E-state index is 5.71. The standard InChI is InChI=1S/C13H16N6/c1-8-5-12(18-13(14)16-8)19-4-3-10-6-15-9(2)17-11(10)7-19/h5-6H,3-4,7H2,1-2H3,(H2,14,16,18). The van der Waals surface area contributed by atoms with Gasteiger partial charge >= 0.3 is 0 Å². The molecule has 98 valence electrons. The number of aromatic nitrogens is 4. The van der Waals surface area contributed by atoms with Crippen molar-refractivity contribution in [2.75, 3.05) is 17.2 Å². The number of nitrogens with zero attached hydrogens (tertiary/aromatic N) is 5. The minimum Gasteiger partial charge on any atom is -0.368 e. The summed E-state index contributed by atoms with van der Waals surface area (Å²) >= 11 is 0. The maximum absolute atomic E-state index is 5.71. The summed E-state index contributed by atoms with van der Waals surface area (Å²) in [6.45, 7) is 5.47. The third kappa shape index (κ3) is 2.33. The fourth-order valence-electron chi connectivity index (χ4n) is 2.33. The van der Waals surface area contributed by atoms with Crippen molar-refractivity contribution in [2.24, 2.45) is 0 Å². The van der Waals surface area contributed by atoms with Crippen LogP contribution in [0, 0.1) is 13.8 Å². The first-order chi connectivity index (χ1) is 9.11. The van der Waals surface area contributed by atoms with Crippen LogP contribution in [0.15, 0.2) is 12.3 Å². The fourth-order valence-corrected chi connectivity index (χ4v) is 2.33. The average molecular weight is 256 g/mol. The van der Waals surface area contributed by atoms with Gasteiger partial charge in [0.15, 0.2) is 0 Å². The first-order valence-electron chi connectivity index (χ1n) is 6.29. The maximum Gasteiger partial charge on any atom is 0.222 e. The van der Waals surface area contributed by atoms with Gasteiger partial charge in [-0.3, -0.25) is 0 Å². The number of anilines is 2. The Morgan fingerprint density at radius 2 is 2.05 bits per heavy atom. The Morgan fingerprint density at radius 1 is 1.21 bits per heavy atom. The van der Waals surface area contributed by atoms with Crippen LogP contribution in [0.1, 0.15) is 22.8 Å². The summed E-state index contributed by atoms with van der Waals surface area (Å²) in [6, 6.07) is 1.95. The minimum absolute atomic E-state index is 0.319. The van der Waals surface area contributed by atoms with E-state index in [1.54, 1.807) is 0 Å².